The third kappa shape index (κ3) is 3.50. The molecule has 9 heteroatoms. The van der Waals surface area contributed by atoms with Crippen molar-refractivity contribution in [3.8, 4) is 0 Å². The van der Waals surface area contributed by atoms with Crippen LogP contribution in [0.5, 0.6) is 0 Å². The Kier molecular flexibility index (Phi) is 4.46. The molecule has 1 aromatic carbocycles. The van der Waals surface area contributed by atoms with Crippen molar-refractivity contribution in [2.24, 2.45) is 0 Å². The highest BCUT2D eigenvalue weighted by molar-refractivity contribution is 6.03. The van der Waals surface area contributed by atoms with Crippen molar-refractivity contribution >= 4 is 11.7 Å². The Morgan fingerprint density at radius 2 is 2.04 bits per heavy atom. The molecule has 0 atom stereocenters. The first-order chi connectivity index (χ1) is 12.1. The largest absolute Gasteiger partial charge is 0.328 e. The molecule has 0 aliphatic heterocycles. The molecule has 0 bridgehead atoms. The van der Waals surface area contributed by atoms with Gasteiger partial charge < -0.3 is 10.3 Å². The van der Waals surface area contributed by atoms with E-state index in [2.05, 4.69) is 20.3 Å². The number of hydrogen-bond acceptors (Lipinski definition) is 5. The zero-order valence-electron chi connectivity index (χ0n) is 12.8. The van der Waals surface area contributed by atoms with Crippen LogP contribution in [0.2, 0.25) is 0 Å². The smallest absolute Gasteiger partial charge is 0.313 e. The van der Waals surface area contributed by atoms with E-state index >= 15 is 0 Å². The predicted octanol–water partition coefficient (Wildman–Crippen LogP) is 0.766. The van der Waals surface area contributed by atoms with Crippen LogP contribution in [0.1, 0.15) is 15.9 Å². The van der Waals surface area contributed by atoms with Gasteiger partial charge >= 0.3 is 5.69 Å². The molecule has 0 fully saturated rings. The van der Waals surface area contributed by atoms with Gasteiger partial charge in [0.05, 0.1) is 12.7 Å². The molecule has 0 aliphatic carbocycles. The van der Waals surface area contributed by atoms with Gasteiger partial charge in [-0.2, -0.15) is 0 Å². The average Bonchev–Trinajstić information content (AvgIpc) is 2.61. The van der Waals surface area contributed by atoms with E-state index in [9.17, 15) is 18.8 Å². The number of halogens is 1. The van der Waals surface area contributed by atoms with Gasteiger partial charge in [-0.25, -0.2) is 14.2 Å². The fourth-order valence-corrected chi connectivity index (χ4v) is 2.16. The Labute approximate surface area is 140 Å². The molecule has 1 amide bonds. The number of rotatable bonds is 4. The number of aromatic nitrogens is 4. The number of nitrogens with one attached hydrogen (secondary N) is 2. The monoisotopic (exact) mass is 341 g/mol. The van der Waals surface area contributed by atoms with Gasteiger partial charge in [0.15, 0.2) is 5.82 Å². The summed E-state index contributed by atoms with van der Waals surface area (Å²) in [5.74, 6) is -1.16. The van der Waals surface area contributed by atoms with Gasteiger partial charge in [-0.05, 0) is 6.07 Å². The van der Waals surface area contributed by atoms with Gasteiger partial charge in [0.25, 0.3) is 11.5 Å². The normalized spacial score (nSPS) is 10.4. The molecule has 2 aromatic heterocycles. The summed E-state index contributed by atoms with van der Waals surface area (Å²) in [6, 6.07) is 5.76. The zero-order valence-corrected chi connectivity index (χ0v) is 12.8. The molecule has 126 valence electrons. The van der Waals surface area contributed by atoms with Crippen LogP contribution in [0, 0.1) is 5.82 Å². The highest BCUT2D eigenvalue weighted by Gasteiger charge is 2.16. The van der Waals surface area contributed by atoms with E-state index in [1.165, 1.54) is 36.8 Å². The second-order valence-corrected chi connectivity index (χ2v) is 5.03. The molecule has 3 aromatic rings. The van der Waals surface area contributed by atoms with Crippen LogP contribution in [-0.2, 0) is 6.54 Å². The number of hydrogen-bond donors (Lipinski definition) is 2. The first kappa shape index (κ1) is 16.2. The Morgan fingerprint density at radius 3 is 2.76 bits per heavy atom. The maximum Gasteiger partial charge on any atom is 0.328 e. The van der Waals surface area contributed by atoms with E-state index in [0.717, 1.165) is 10.8 Å². The molecule has 2 heterocycles. The first-order valence-electron chi connectivity index (χ1n) is 7.19. The molecule has 0 radical (unpaired) electrons. The predicted molar refractivity (Wildman–Crippen MR) is 86.8 cm³/mol. The van der Waals surface area contributed by atoms with Crippen molar-refractivity contribution in [2.45, 2.75) is 6.54 Å². The minimum atomic E-state index is -0.839. The fraction of sp³-hybridized carbons (Fsp3) is 0.0625. The number of carbonyl (C=O) groups is 1. The molecule has 25 heavy (non-hydrogen) atoms. The van der Waals surface area contributed by atoms with Gasteiger partial charge in [0, 0.05) is 24.2 Å². The second kappa shape index (κ2) is 6.87. The van der Waals surface area contributed by atoms with Crippen LogP contribution >= 0.6 is 0 Å². The highest BCUT2D eigenvalue weighted by atomic mass is 19.1. The Morgan fingerprint density at radius 1 is 1.24 bits per heavy atom. The molecular formula is C16H12FN5O3. The maximum absolute atomic E-state index is 13.8. The number of aromatic amines is 1. The molecular weight excluding hydrogens is 329 g/mol. The lowest BCUT2D eigenvalue weighted by molar-refractivity contribution is 0.102. The molecule has 2 N–H and O–H groups in total. The topological polar surface area (TPSA) is 110 Å². The Bertz CT molecular complexity index is 1030. The molecule has 0 spiro atoms. The fourth-order valence-electron chi connectivity index (χ4n) is 2.16. The molecule has 0 unspecified atom stereocenters. The quantitative estimate of drug-likeness (QED) is 0.728. The number of carbonyl (C=O) groups excluding carboxylic acids is 1. The maximum atomic E-state index is 13.8. The van der Waals surface area contributed by atoms with Gasteiger partial charge in [-0.1, -0.05) is 18.2 Å². The number of nitrogens with zero attached hydrogens (tertiary/aromatic N) is 3. The third-order valence-corrected chi connectivity index (χ3v) is 3.40. The lowest BCUT2D eigenvalue weighted by Gasteiger charge is -2.08. The van der Waals surface area contributed by atoms with Crippen LogP contribution < -0.4 is 16.6 Å². The first-order valence-corrected chi connectivity index (χ1v) is 7.19. The van der Waals surface area contributed by atoms with Gasteiger partial charge in [0.1, 0.15) is 11.4 Å². The van der Waals surface area contributed by atoms with E-state index in [1.807, 2.05) is 0 Å². The minimum Gasteiger partial charge on any atom is -0.313 e. The summed E-state index contributed by atoms with van der Waals surface area (Å²) in [4.78, 5) is 46.6. The van der Waals surface area contributed by atoms with Crippen LogP contribution in [0.25, 0.3) is 0 Å². The van der Waals surface area contributed by atoms with Gasteiger partial charge in [-0.15, -0.1) is 0 Å². The summed E-state index contributed by atoms with van der Waals surface area (Å²) in [7, 11) is 0. The minimum absolute atomic E-state index is 0.152. The second-order valence-electron chi connectivity index (χ2n) is 5.03. The standard InChI is InChI=1S/C16H12FN5O3/c17-12-4-2-1-3-10(12)9-22-15(24)11(7-20-16(22)25)14(23)21-13-8-18-5-6-19-13/h1-8H,9H2,(H,20,25)(H,19,21,23). The molecule has 0 saturated heterocycles. The summed E-state index contributed by atoms with van der Waals surface area (Å²) in [6.07, 6.45) is 5.12. The van der Waals surface area contributed by atoms with Gasteiger partial charge in [-0.3, -0.25) is 19.1 Å². The third-order valence-electron chi connectivity index (χ3n) is 3.40. The Balaban J connectivity index is 1.95. The molecule has 3 rings (SSSR count). The van der Waals surface area contributed by atoms with Crippen molar-refractivity contribution < 1.29 is 9.18 Å². The van der Waals surface area contributed by atoms with E-state index in [1.54, 1.807) is 6.07 Å². The summed E-state index contributed by atoms with van der Waals surface area (Å²) in [5, 5.41) is 2.40. The molecule has 8 nitrogen and oxygen atoms in total. The highest BCUT2D eigenvalue weighted by Crippen LogP contribution is 2.07. The van der Waals surface area contributed by atoms with Crippen LogP contribution in [0.4, 0.5) is 10.2 Å². The summed E-state index contributed by atoms with van der Waals surface area (Å²) in [5.41, 5.74) is -1.74. The lowest BCUT2D eigenvalue weighted by atomic mass is 10.2. The van der Waals surface area contributed by atoms with Crippen molar-refractivity contribution in [3.63, 3.8) is 0 Å². The molecule has 0 saturated carbocycles. The molecule has 0 aliphatic rings. The van der Waals surface area contributed by atoms with E-state index in [-0.39, 0.29) is 23.5 Å². The zero-order chi connectivity index (χ0) is 17.8. The summed E-state index contributed by atoms with van der Waals surface area (Å²) in [6.45, 7) is -0.299. The number of amides is 1. The number of anilines is 1. The average molecular weight is 341 g/mol. The van der Waals surface area contributed by atoms with Crippen molar-refractivity contribution in [1.29, 1.82) is 0 Å². The van der Waals surface area contributed by atoms with Crippen LogP contribution in [0.3, 0.4) is 0 Å². The van der Waals surface area contributed by atoms with Crippen LogP contribution in [-0.4, -0.2) is 25.4 Å². The Hall–Kier alpha value is -3.62. The van der Waals surface area contributed by atoms with Crippen molar-refractivity contribution in [2.75, 3.05) is 5.32 Å². The van der Waals surface area contributed by atoms with Crippen LogP contribution in [0.15, 0.2) is 58.6 Å². The number of H-pyrrole nitrogens is 1. The summed E-state index contributed by atoms with van der Waals surface area (Å²) >= 11 is 0. The van der Waals surface area contributed by atoms with Gasteiger partial charge in [0.2, 0.25) is 0 Å². The SMILES string of the molecule is O=C(Nc1cnccn1)c1c[nH]c(=O)n(Cc2ccccc2F)c1=O. The summed E-state index contributed by atoms with van der Waals surface area (Å²) < 4.78 is 14.5. The van der Waals surface area contributed by atoms with E-state index in [0.29, 0.717) is 0 Å². The van der Waals surface area contributed by atoms with Crippen molar-refractivity contribution in [3.05, 3.63) is 86.8 Å². The lowest BCUT2D eigenvalue weighted by Crippen LogP contribution is -2.39. The van der Waals surface area contributed by atoms with Crippen molar-refractivity contribution in [1.82, 2.24) is 19.5 Å². The number of benzene rings is 1. The van der Waals surface area contributed by atoms with E-state index < -0.39 is 23.0 Å². The van der Waals surface area contributed by atoms with E-state index in [4.69, 9.17) is 0 Å².